The van der Waals surface area contributed by atoms with E-state index in [1.54, 1.807) is 18.2 Å². The van der Waals surface area contributed by atoms with Crippen LogP contribution in [-0.4, -0.2) is 48.6 Å². The van der Waals surface area contributed by atoms with Gasteiger partial charge in [0.2, 0.25) is 10.0 Å². The van der Waals surface area contributed by atoms with Gasteiger partial charge in [-0.1, -0.05) is 6.42 Å². The second-order valence-corrected chi connectivity index (χ2v) is 7.35. The second-order valence-electron chi connectivity index (χ2n) is 5.52. The number of hydrogen-bond donors (Lipinski definition) is 2. The Bertz CT molecular complexity index is 547. The monoisotopic (exact) mass is 300 g/mol. The number of hydrogen-bond acceptors (Lipinski definition) is 4. The lowest BCUT2D eigenvalue weighted by Gasteiger charge is -2.38. The fraction of sp³-hybridized carbons (Fsp3) is 0.769. The number of likely N-dealkylation sites (N-methyl/N-ethyl adjacent to an activating group) is 1. The van der Waals surface area contributed by atoms with Crippen LogP contribution in [0.5, 0.6) is 0 Å². The summed E-state index contributed by atoms with van der Waals surface area (Å²) in [7, 11) is -1.61. The number of piperidine rings is 1. The lowest BCUT2D eigenvalue weighted by molar-refractivity contribution is 0.213. The molecule has 2 rings (SSSR count). The van der Waals surface area contributed by atoms with E-state index in [2.05, 4.69) is 15.5 Å². The molecule has 0 aromatic carbocycles. The lowest BCUT2D eigenvalue weighted by atomic mass is 9.99. The molecule has 0 aliphatic carbocycles. The number of aromatic nitrogens is 2. The summed E-state index contributed by atoms with van der Waals surface area (Å²) in [5, 5.41) is 9.97. The summed E-state index contributed by atoms with van der Waals surface area (Å²) >= 11 is 0. The molecule has 1 aromatic heterocycles. The Hall–Kier alpha value is -0.920. The fourth-order valence-corrected chi connectivity index (χ4v) is 5.06. The van der Waals surface area contributed by atoms with Crippen LogP contribution in [0.2, 0.25) is 0 Å². The topological polar surface area (TPSA) is 78.1 Å². The van der Waals surface area contributed by atoms with Gasteiger partial charge in [0.15, 0.2) is 0 Å². The molecule has 1 aliphatic rings. The molecule has 0 spiro atoms. The van der Waals surface area contributed by atoms with Gasteiger partial charge < -0.3 is 5.32 Å². The minimum Gasteiger partial charge on any atom is -0.316 e. The molecular weight excluding hydrogens is 276 g/mol. The molecule has 1 aliphatic heterocycles. The predicted molar refractivity (Wildman–Crippen MR) is 78.1 cm³/mol. The highest BCUT2D eigenvalue weighted by Gasteiger charge is 2.38. The molecule has 114 valence electrons. The molecule has 2 heterocycles. The number of nitrogens with one attached hydrogen (secondary N) is 2. The molecule has 2 unspecified atom stereocenters. The van der Waals surface area contributed by atoms with Crippen LogP contribution in [0.3, 0.4) is 0 Å². The fourth-order valence-electron chi connectivity index (χ4n) is 2.96. The first-order valence-electron chi connectivity index (χ1n) is 7.10. The van der Waals surface area contributed by atoms with Crippen LogP contribution < -0.4 is 5.32 Å². The van der Waals surface area contributed by atoms with Gasteiger partial charge in [0, 0.05) is 18.6 Å². The van der Waals surface area contributed by atoms with E-state index in [0.717, 1.165) is 19.3 Å². The molecule has 0 saturated carbocycles. The van der Waals surface area contributed by atoms with Crippen LogP contribution >= 0.6 is 0 Å². The Balaban J connectivity index is 2.41. The Morgan fingerprint density at radius 1 is 1.40 bits per heavy atom. The molecule has 1 fully saturated rings. The van der Waals surface area contributed by atoms with E-state index in [4.69, 9.17) is 0 Å². The van der Waals surface area contributed by atoms with E-state index in [-0.39, 0.29) is 12.1 Å². The van der Waals surface area contributed by atoms with Gasteiger partial charge in [-0.2, -0.15) is 9.40 Å². The number of H-pyrrole nitrogens is 1. The van der Waals surface area contributed by atoms with Crippen molar-refractivity contribution in [1.82, 2.24) is 19.8 Å². The first-order valence-corrected chi connectivity index (χ1v) is 8.54. The first kappa shape index (κ1) is 15.5. The highest BCUT2D eigenvalue weighted by molar-refractivity contribution is 7.89. The molecule has 6 nitrogen and oxygen atoms in total. The van der Waals surface area contributed by atoms with Crippen LogP contribution in [-0.2, 0) is 10.0 Å². The van der Waals surface area contributed by atoms with E-state index in [0.29, 0.717) is 22.8 Å². The number of aryl methyl sites for hydroxylation is 2. The summed E-state index contributed by atoms with van der Waals surface area (Å²) in [5.74, 6) is 0. The molecule has 2 N–H and O–H groups in total. The average Bonchev–Trinajstić information content (AvgIpc) is 2.77. The van der Waals surface area contributed by atoms with Crippen molar-refractivity contribution in [3.63, 3.8) is 0 Å². The average molecular weight is 300 g/mol. The van der Waals surface area contributed by atoms with Crippen LogP contribution in [0.15, 0.2) is 4.90 Å². The van der Waals surface area contributed by atoms with Gasteiger partial charge in [-0.05, 0) is 40.7 Å². The molecular formula is C13H24N4O2S. The van der Waals surface area contributed by atoms with E-state index >= 15 is 0 Å². The highest BCUT2D eigenvalue weighted by atomic mass is 32.2. The van der Waals surface area contributed by atoms with Crippen molar-refractivity contribution in [1.29, 1.82) is 0 Å². The summed E-state index contributed by atoms with van der Waals surface area (Å²) < 4.78 is 27.6. The number of aromatic amines is 1. The van der Waals surface area contributed by atoms with Crippen LogP contribution in [0, 0.1) is 13.8 Å². The summed E-state index contributed by atoms with van der Waals surface area (Å²) in [6.07, 6.45) is 2.89. The normalized spacial score (nSPS) is 22.9. The van der Waals surface area contributed by atoms with Crippen LogP contribution in [0.25, 0.3) is 0 Å². The lowest BCUT2D eigenvalue weighted by Crippen LogP contribution is -2.52. The third-order valence-electron chi connectivity index (χ3n) is 4.16. The summed E-state index contributed by atoms with van der Waals surface area (Å²) in [6, 6.07) is 0.144. The van der Waals surface area contributed by atoms with Crippen LogP contribution in [0.1, 0.15) is 37.6 Å². The first-order chi connectivity index (χ1) is 9.39. The van der Waals surface area contributed by atoms with Crippen LogP contribution in [0.4, 0.5) is 0 Å². The zero-order valence-electron chi connectivity index (χ0n) is 12.6. The maximum Gasteiger partial charge on any atom is 0.247 e. The Labute approximate surface area is 121 Å². The minimum atomic E-state index is -3.48. The summed E-state index contributed by atoms with van der Waals surface area (Å²) in [4.78, 5) is 0.340. The largest absolute Gasteiger partial charge is 0.316 e. The minimum absolute atomic E-state index is 0.00690. The van der Waals surface area contributed by atoms with E-state index in [1.807, 2.05) is 14.0 Å². The van der Waals surface area contributed by atoms with Gasteiger partial charge in [0.25, 0.3) is 0 Å². The second kappa shape index (κ2) is 5.83. The Morgan fingerprint density at radius 2 is 2.10 bits per heavy atom. The Morgan fingerprint density at radius 3 is 2.65 bits per heavy atom. The smallest absolute Gasteiger partial charge is 0.247 e. The third kappa shape index (κ3) is 2.62. The van der Waals surface area contributed by atoms with Gasteiger partial charge in [0.05, 0.1) is 11.4 Å². The van der Waals surface area contributed by atoms with Gasteiger partial charge in [-0.15, -0.1) is 0 Å². The van der Waals surface area contributed by atoms with Crippen molar-refractivity contribution in [2.75, 3.05) is 13.6 Å². The predicted octanol–water partition coefficient (Wildman–Crippen LogP) is 1.18. The summed E-state index contributed by atoms with van der Waals surface area (Å²) in [6.45, 7) is 6.11. The van der Waals surface area contributed by atoms with Gasteiger partial charge in [0.1, 0.15) is 4.90 Å². The molecule has 1 aromatic rings. The quantitative estimate of drug-likeness (QED) is 0.875. The Kier molecular flexibility index (Phi) is 4.51. The zero-order valence-corrected chi connectivity index (χ0v) is 13.4. The SMILES string of the molecule is CNC(C)C1CCCCN1S(=O)(=O)c1c(C)n[nH]c1C. The van der Waals surface area contributed by atoms with E-state index in [9.17, 15) is 8.42 Å². The van der Waals surface area contributed by atoms with E-state index < -0.39 is 10.0 Å². The number of rotatable bonds is 4. The van der Waals surface area contributed by atoms with Crippen molar-refractivity contribution in [3.8, 4) is 0 Å². The molecule has 0 amide bonds. The van der Waals surface area contributed by atoms with Crippen molar-refractivity contribution in [3.05, 3.63) is 11.4 Å². The molecule has 0 radical (unpaired) electrons. The molecule has 7 heteroatoms. The van der Waals surface area contributed by atoms with Crippen molar-refractivity contribution in [2.24, 2.45) is 0 Å². The van der Waals surface area contributed by atoms with Gasteiger partial charge in [-0.25, -0.2) is 8.42 Å². The molecule has 0 bridgehead atoms. The standard InChI is InChI=1S/C13H24N4O2S/c1-9(14-4)12-7-5-6-8-17(12)20(18,19)13-10(2)15-16-11(13)3/h9,12,14H,5-8H2,1-4H3,(H,15,16). The molecule has 2 atom stereocenters. The highest BCUT2D eigenvalue weighted by Crippen LogP contribution is 2.29. The molecule has 20 heavy (non-hydrogen) atoms. The third-order valence-corrected chi connectivity index (χ3v) is 6.35. The summed E-state index contributed by atoms with van der Waals surface area (Å²) in [5.41, 5.74) is 1.16. The van der Waals surface area contributed by atoms with Crippen molar-refractivity contribution >= 4 is 10.0 Å². The van der Waals surface area contributed by atoms with Crippen molar-refractivity contribution < 1.29 is 8.42 Å². The van der Waals surface area contributed by atoms with Crippen molar-refractivity contribution in [2.45, 2.75) is 57.0 Å². The van der Waals surface area contributed by atoms with Gasteiger partial charge >= 0.3 is 0 Å². The maximum atomic E-state index is 13.0. The number of nitrogens with zero attached hydrogens (tertiary/aromatic N) is 2. The molecule has 1 saturated heterocycles. The van der Waals surface area contributed by atoms with E-state index in [1.165, 1.54) is 0 Å². The maximum absolute atomic E-state index is 13.0. The number of sulfonamides is 1. The van der Waals surface area contributed by atoms with Gasteiger partial charge in [-0.3, -0.25) is 5.10 Å². The zero-order chi connectivity index (χ0) is 14.9.